The number of carbonyl (C=O) groups is 2. The molecule has 1 atom stereocenters. The minimum atomic E-state index is -0.761. The highest BCUT2D eigenvalue weighted by Gasteiger charge is 2.20. The third kappa shape index (κ3) is 3.75. The number of nitrogens with two attached hydrogens (primary N) is 1. The van der Waals surface area contributed by atoms with E-state index in [4.69, 9.17) is 5.73 Å². The molecule has 26 heavy (non-hydrogen) atoms. The van der Waals surface area contributed by atoms with Crippen LogP contribution < -0.4 is 11.1 Å². The predicted octanol–water partition coefficient (Wildman–Crippen LogP) is 3.28. The van der Waals surface area contributed by atoms with Gasteiger partial charge in [0.1, 0.15) is 6.04 Å². The molecule has 0 aliphatic heterocycles. The van der Waals surface area contributed by atoms with Gasteiger partial charge in [0.2, 0.25) is 5.91 Å². The third-order valence-electron chi connectivity index (χ3n) is 4.69. The summed E-state index contributed by atoms with van der Waals surface area (Å²) in [6, 6.07) is 18.4. The van der Waals surface area contributed by atoms with Crippen molar-refractivity contribution in [3.8, 4) is 0 Å². The number of aryl methyl sites for hydroxylation is 2. The van der Waals surface area contributed by atoms with Gasteiger partial charge < -0.3 is 11.1 Å². The van der Waals surface area contributed by atoms with Crippen LogP contribution in [0.15, 0.2) is 60.7 Å². The summed E-state index contributed by atoms with van der Waals surface area (Å²) in [7, 11) is 0. The van der Waals surface area contributed by atoms with E-state index < -0.39 is 11.9 Å². The largest absolute Gasteiger partial charge is 0.368 e. The van der Waals surface area contributed by atoms with Crippen molar-refractivity contribution < 1.29 is 9.59 Å². The Balaban J connectivity index is 1.84. The van der Waals surface area contributed by atoms with Crippen LogP contribution in [0, 0.1) is 13.8 Å². The van der Waals surface area contributed by atoms with Gasteiger partial charge in [0.25, 0.3) is 5.91 Å². The average Bonchev–Trinajstić information content (AvgIpc) is 2.63. The first-order chi connectivity index (χ1) is 12.5. The Morgan fingerprint density at radius 3 is 2.42 bits per heavy atom. The van der Waals surface area contributed by atoms with Gasteiger partial charge in [-0.1, -0.05) is 54.6 Å². The summed E-state index contributed by atoms with van der Waals surface area (Å²) in [5, 5.41) is 4.62. The smallest absolute Gasteiger partial charge is 0.252 e. The second-order valence-corrected chi connectivity index (χ2v) is 6.58. The van der Waals surface area contributed by atoms with E-state index in [-0.39, 0.29) is 5.91 Å². The normalized spacial score (nSPS) is 11.9. The van der Waals surface area contributed by atoms with Gasteiger partial charge >= 0.3 is 0 Å². The molecule has 0 saturated carbocycles. The summed E-state index contributed by atoms with van der Waals surface area (Å²) in [6.07, 6.45) is 0.368. The SMILES string of the molecule is Cc1ccc(C[C@H](NC(=O)c2cccc3ccccc23)C(N)=O)cc1C. The Labute approximate surface area is 153 Å². The molecule has 4 heteroatoms. The zero-order chi connectivity index (χ0) is 18.7. The maximum atomic E-state index is 12.8. The topological polar surface area (TPSA) is 72.2 Å². The van der Waals surface area contributed by atoms with E-state index in [1.807, 2.05) is 68.4 Å². The van der Waals surface area contributed by atoms with E-state index in [0.29, 0.717) is 12.0 Å². The molecular formula is C22H22N2O2. The third-order valence-corrected chi connectivity index (χ3v) is 4.69. The summed E-state index contributed by atoms with van der Waals surface area (Å²) in [5.74, 6) is -0.841. The molecule has 0 aliphatic rings. The predicted molar refractivity (Wildman–Crippen MR) is 104 cm³/mol. The number of hydrogen-bond acceptors (Lipinski definition) is 2. The van der Waals surface area contributed by atoms with Gasteiger partial charge in [-0.2, -0.15) is 0 Å². The van der Waals surface area contributed by atoms with Crippen molar-refractivity contribution in [2.75, 3.05) is 0 Å². The average molecular weight is 346 g/mol. The zero-order valence-electron chi connectivity index (χ0n) is 15.0. The standard InChI is InChI=1S/C22H22N2O2/c1-14-10-11-16(12-15(14)2)13-20(21(23)25)24-22(26)19-9-5-7-17-6-3-4-8-18(17)19/h3-12,20H,13H2,1-2H3,(H2,23,25)(H,24,26)/t20-/m0/s1. The first-order valence-electron chi connectivity index (χ1n) is 8.60. The molecule has 0 bridgehead atoms. The Kier molecular flexibility index (Phi) is 5.03. The van der Waals surface area contributed by atoms with Crippen LogP contribution in [-0.4, -0.2) is 17.9 Å². The molecule has 0 radical (unpaired) electrons. The van der Waals surface area contributed by atoms with Crippen LogP contribution >= 0.6 is 0 Å². The summed E-state index contributed by atoms with van der Waals surface area (Å²) in [5.41, 5.74) is 9.37. The van der Waals surface area contributed by atoms with Crippen molar-refractivity contribution in [1.29, 1.82) is 0 Å². The number of fused-ring (bicyclic) bond motifs is 1. The van der Waals surface area contributed by atoms with Crippen molar-refractivity contribution in [1.82, 2.24) is 5.32 Å². The van der Waals surface area contributed by atoms with Gasteiger partial charge in [0.15, 0.2) is 0 Å². The second kappa shape index (κ2) is 7.40. The Bertz CT molecular complexity index is 974. The van der Waals surface area contributed by atoms with Crippen molar-refractivity contribution in [2.24, 2.45) is 5.73 Å². The van der Waals surface area contributed by atoms with Gasteiger partial charge in [-0.25, -0.2) is 0 Å². The van der Waals surface area contributed by atoms with Crippen molar-refractivity contribution in [3.63, 3.8) is 0 Å². The summed E-state index contributed by atoms with van der Waals surface area (Å²) in [6.45, 7) is 4.06. The second-order valence-electron chi connectivity index (χ2n) is 6.58. The number of benzene rings is 3. The van der Waals surface area contributed by atoms with E-state index in [0.717, 1.165) is 21.9 Å². The van der Waals surface area contributed by atoms with Gasteiger partial charge in [0.05, 0.1) is 0 Å². The first-order valence-corrected chi connectivity index (χ1v) is 8.60. The minimum Gasteiger partial charge on any atom is -0.368 e. The molecule has 2 amide bonds. The first kappa shape index (κ1) is 17.7. The quantitative estimate of drug-likeness (QED) is 0.744. The maximum absolute atomic E-state index is 12.8. The molecule has 3 aromatic carbocycles. The lowest BCUT2D eigenvalue weighted by atomic mass is 9.99. The molecule has 0 aliphatic carbocycles. The van der Waals surface area contributed by atoms with E-state index in [1.165, 1.54) is 5.56 Å². The molecule has 0 aromatic heterocycles. The highest BCUT2D eigenvalue weighted by atomic mass is 16.2. The van der Waals surface area contributed by atoms with Crippen LogP contribution in [0.1, 0.15) is 27.0 Å². The lowest BCUT2D eigenvalue weighted by molar-refractivity contribution is -0.119. The molecule has 0 saturated heterocycles. The highest BCUT2D eigenvalue weighted by Crippen LogP contribution is 2.19. The van der Waals surface area contributed by atoms with Gasteiger partial charge in [-0.05, 0) is 47.4 Å². The number of carbonyl (C=O) groups excluding carboxylic acids is 2. The Hall–Kier alpha value is -3.14. The minimum absolute atomic E-state index is 0.297. The van der Waals surface area contributed by atoms with Crippen LogP contribution in [0.3, 0.4) is 0 Å². The van der Waals surface area contributed by atoms with Crippen LogP contribution in [0.2, 0.25) is 0 Å². The lowest BCUT2D eigenvalue weighted by Gasteiger charge is -2.17. The fourth-order valence-electron chi connectivity index (χ4n) is 3.05. The molecule has 0 unspecified atom stereocenters. The van der Waals surface area contributed by atoms with Crippen molar-refractivity contribution in [3.05, 3.63) is 82.9 Å². The molecule has 3 aromatic rings. The van der Waals surface area contributed by atoms with Crippen LogP contribution in [0.5, 0.6) is 0 Å². The molecule has 4 nitrogen and oxygen atoms in total. The van der Waals surface area contributed by atoms with Gasteiger partial charge in [0, 0.05) is 12.0 Å². The van der Waals surface area contributed by atoms with E-state index in [1.54, 1.807) is 6.07 Å². The van der Waals surface area contributed by atoms with Crippen molar-refractivity contribution >= 4 is 22.6 Å². The number of amides is 2. The maximum Gasteiger partial charge on any atom is 0.252 e. The van der Waals surface area contributed by atoms with Gasteiger partial charge in [-0.15, -0.1) is 0 Å². The number of rotatable bonds is 5. The fraction of sp³-hybridized carbons (Fsp3) is 0.182. The monoisotopic (exact) mass is 346 g/mol. The fourth-order valence-corrected chi connectivity index (χ4v) is 3.05. The number of primary amides is 1. The van der Waals surface area contributed by atoms with Crippen molar-refractivity contribution in [2.45, 2.75) is 26.3 Å². The molecule has 3 N–H and O–H groups in total. The van der Waals surface area contributed by atoms with Gasteiger partial charge in [-0.3, -0.25) is 9.59 Å². The highest BCUT2D eigenvalue weighted by molar-refractivity contribution is 6.08. The van der Waals surface area contributed by atoms with E-state index in [2.05, 4.69) is 5.32 Å². The molecule has 0 heterocycles. The number of hydrogen-bond donors (Lipinski definition) is 2. The summed E-state index contributed by atoms with van der Waals surface area (Å²) in [4.78, 5) is 24.7. The van der Waals surface area contributed by atoms with E-state index >= 15 is 0 Å². The number of nitrogens with one attached hydrogen (secondary N) is 1. The van der Waals surface area contributed by atoms with Crippen LogP contribution in [-0.2, 0) is 11.2 Å². The van der Waals surface area contributed by atoms with Crippen LogP contribution in [0.4, 0.5) is 0 Å². The Morgan fingerprint density at radius 1 is 0.962 bits per heavy atom. The Morgan fingerprint density at radius 2 is 1.69 bits per heavy atom. The lowest BCUT2D eigenvalue weighted by Crippen LogP contribution is -2.45. The zero-order valence-corrected chi connectivity index (χ0v) is 15.0. The molecule has 3 rings (SSSR count). The van der Waals surface area contributed by atoms with E-state index in [9.17, 15) is 9.59 Å². The molecular weight excluding hydrogens is 324 g/mol. The molecule has 132 valence electrons. The summed E-state index contributed by atoms with van der Waals surface area (Å²) < 4.78 is 0. The molecule has 0 fully saturated rings. The summed E-state index contributed by atoms with van der Waals surface area (Å²) >= 11 is 0. The van der Waals surface area contributed by atoms with Crippen LogP contribution in [0.25, 0.3) is 10.8 Å². The molecule has 0 spiro atoms.